The SMILES string of the molecule is CCNC(=NCc1cccc(Cl)c1)NCc1ncc(CC)s1.I. The number of halogens is 2. The molecule has 0 aliphatic rings. The summed E-state index contributed by atoms with van der Waals surface area (Å²) < 4.78 is 0. The molecule has 0 radical (unpaired) electrons. The molecule has 7 heteroatoms. The van der Waals surface area contributed by atoms with Crippen LogP contribution in [0.1, 0.15) is 29.3 Å². The number of nitrogens with one attached hydrogen (secondary N) is 2. The lowest BCUT2D eigenvalue weighted by molar-refractivity contribution is 0.811. The molecule has 4 nitrogen and oxygen atoms in total. The Bertz CT molecular complexity index is 630. The van der Waals surface area contributed by atoms with Crippen LogP contribution in [-0.4, -0.2) is 17.5 Å². The number of hydrogen-bond acceptors (Lipinski definition) is 3. The largest absolute Gasteiger partial charge is 0.357 e. The molecule has 1 aromatic carbocycles. The number of thiazole rings is 1. The van der Waals surface area contributed by atoms with Crippen LogP contribution < -0.4 is 10.6 Å². The summed E-state index contributed by atoms with van der Waals surface area (Å²) in [6, 6.07) is 7.76. The van der Waals surface area contributed by atoms with Crippen molar-refractivity contribution in [2.24, 2.45) is 4.99 Å². The highest BCUT2D eigenvalue weighted by Crippen LogP contribution is 2.13. The molecule has 0 bridgehead atoms. The zero-order valence-electron chi connectivity index (χ0n) is 13.3. The van der Waals surface area contributed by atoms with Gasteiger partial charge in [-0.25, -0.2) is 9.98 Å². The van der Waals surface area contributed by atoms with Gasteiger partial charge >= 0.3 is 0 Å². The van der Waals surface area contributed by atoms with Crippen molar-refractivity contribution in [1.29, 1.82) is 0 Å². The Morgan fingerprint density at radius 1 is 1.30 bits per heavy atom. The van der Waals surface area contributed by atoms with Gasteiger partial charge in [-0.05, 0) is 31.0 Å². The molecule has 0 amide bonds. The Balaban J connectivity index is 0.00000264. The van der Waals surface area contributed by atoms with Gasteiger partial charge in [-0.1, -0.05) is 30.7 Å². The van der Waals surface area contributed by atoms with Crippen LogP contribution in [0.25, 0.3) is 0 Å². The summed E-state index contributed by atoms with van der Waals surface area (Å²) in [5, 5.41) is 8.37. The third-order valence-corrected chi connectivity index (χ3v) is 4.39. The molecule has 0 aliphatic heterocycles. The van der Waals surface area contributed by atoms with E-state index in [1.54, 1.807) is 11.3 Å². The van der Waals surface area contributed by atoms with Gasteiger partial charge in [-0.15, -0.1) is 35.3 Å². The van der Waals surface area contributed by atoms with Crippen molar-refractivity contribution in [3.8, 4) is 0 Å². The van der Waals surface area contributed by atoms with Gasteiger partial charge in [0.05, 0.1) is 13.1 Å². The van der Waals surface area contributed by atoms with Crippen LogP contribution in [0.3, 0.4) is 0 Å². The molecule has 0 unspecified atom stereocenters. The molecule has 1 aromatic heterocycles. The lowest BCUT2D eigenvalue weighted by atomic mass is 10.2. The van der Waals surface area contributed by atoms with Crippen LogP contribution in [0, 0.1) is 0 Å². The van der Waals surface area contributed by atoms with E-state index in [1.807, 2.05) is 30.5 Å². The first-order chi connectivity index (χ1) is 10.7. The molecular formula is C16H22ClIN4S. The number of benzene rings is 1. The van der Waals surface area contributed by atoms with Crippen LogP contribution in [0.2, 0.25) is 5.02 Å². The first-order valence-electron chi connectivity index (χ1n) is 7.41. The lowest BCUT2D eigenvalue weighted by Crippen LogP contribution is -2.36. The fourth-order valence-electron chi connectivity index (χ4n) is 1.90. The first kappa shape index (κ1) is 20.2. The third-order valence-electron chi connectivity index (χ3n) is 3.01. The maximum Gasteiger partial charge on any atom is 0.191 e. The van der Waals surface area contributed by atoms with E-state index >= 15 is 0 Å². The smallest absolute Gasteiger partial charge is 0.191 e. The van der Waals surface area contributed by atoms with Crippen molar-refractivity contribution in [1.82, 2.24) is 15.6 Å². The molecule has 2 N–H and O–H groups in total. The number of nitrogens with zero attached hydrogens (tertiary/aromatic N) is 2. The molecule has 23 heavy (non-hydrogen) atoms. The van der Waals surface area contributed by atoms with Gasteiger partial charge in [-0.3, -0.25) is 0 Å². The Labute approximate surface area is 163 Å². The number of aromatic nitrogens is 1. The summed E-state index contributed by atoms with van der Waals surface area (Å²) in [6.07, 6.45) is 2.97. The van der Waals surface area contributed by atoms with Crippen molar-refractivity contribution in [2.45, 2.75) is 33.4 Å². The summed E-state index contributed by atoms with van der Waals surface area (Å²) in [5.74, 6) is 0.788. The molecule has 0 saturated heterocycles. The molecular weight excluding hydrogens is 443 g/mol. The zero-order chi connectivity index (χ0) is 15.8. The van der Waals surface area contributed by atoms with E-state index in [-0.39, 0.29) is 24.0 Å². The van der Waals surface area contributed by atoms with Crippen molar-refractivity contribution in [3.05, 3.63) is 50.9 Å². The lowest BCUT2D eigenvalue weighted by Gasteiger charge is -2.10. The summed E-state index contributed by atoms with van der Waals surface area (Å²) >= 11 is 7.73. The molecule has 0 spiro atoms. The van der Waals surface area contributed by atoms with E-state index in [0.717, 1.165) is 34.5 Å². The van der Waals surface area contributed by atoms with Crippen LogP contribution in [0.15, 0.2) is 35.5 Å². The number of guanidine groups is 1. The van der Waals surface area contributed by atoms with E-state index in [0.29, 0.717) is 13.1 Å². The minimum absolute atomic E-state index is 0. The van der Waals surface area contributed by atoms with Gasteiger partial charge in [0.15, 0.2) is 5.96 Å². The highest BCUT2D eigenvalue weighted by Gasteiger charge is 2.03. The standard InChI is InChI=1S/C16H21ClN4S.HI/c1-3-14-10-19-15(22-14)11-21-16(18-4-2)20-9-12-6-5-7-13(17)8-12;/h5-8,10H,3-4,9,11H2,1-2H3,(H2,18,20,21);1H. The van der Waals surface area contributed by atoms with Gasteiger partial charge in [0, 0.05) is 22.6 Å². The van der Waals surface area contributed by atoms with E-state index in [1.165, 1.54) is 4.88 Å². The number of aryl methyl sites for hydroxylation is 1. The number of aliphatic imine (C=N–C) groups is 1. The predicted molar refractivity (Wildman–Crippen MR) is 110 cm³/mol. The quantitative estimate of drug-likeness (QED) is 0.382. The third kappa shape index (κ3) is 7.05. The van der Waals surface area contributed by atoms with E-state index in [9.17, 15) is 0 Å². The van der Waals surface area contributed by atoms with Crippen molar-refractivity contribution in [3.63, 3.8) is 0 Å². The Morgan fingerprint density at radius 2 is 2.13 bits per heavy atom. The molecule has 0 atom stereocenters. The predicted octanol–water partition coefficient (Wildman–Crippen LogP) is 4.23. The molecule has 2 rings (SSSR count). The zero-order valence-corrected chi connectivity index (χ0v) is 17.2. The van der Waals surface area contributed by atoms with Gasteiger partial charge < -0.3 is 10.6 Å². The molecule has 0 fully saturated rings. The Hall–Kier alpha value is -0.860. The summed E-state index contributed by atoms with van der Waals surface area (Å²) in [6.45, 7) is 6.29. The molecule has 0 saturated carbocycles. The van der Waals surface area contributed by atoms with Crippen LogP contribution in [0.4, 0.5) is 0 Å². The second-order valence-corrected chi connectivity index (χ2v) is 6.39. The van der Waals surface area contributed by atoms with Crippen molar-refractivity contribution < 1.29 is 0 Å². The van der Waals surface area contributed by atoms with Crippen molar-refractivity contribution >= 4 is 52.9 Å². The molecule has 1 heterocycles. The van der Waals surface area contributed by atoms with Crippen LogP contribution in [0.5, 0.6) is 0 Å². The van der Waals surface area contributed by atoms with Crippen molar-refractivity contribution in [2.75, 3.05) is 6.54 Å². The fraction of sp³-hybridized carbons (Fsp3) is 0.375. The average Bonchev–Trinajstić information content (AvgIpc) is 2.98. The Kier molecular flexibility index (Phi) is 9.50. The topological polar surface area (TPSA) is 49.3 Å². The van der Waals surface area contributed by atoms with Crippen LogP contribution >= 0.6 is 46.9 Å². The summed E-state index contributed by atoms with van der Waals surface area (Å²) in [7, 11) is 0. The highest BCUT2D eigenvalue weighted by atomic mass is 127. The minimum Gasteiger partial charge on any atom is -0.357 e. The fourth-order valence-corrected chi connectivity index (χ4v) is 2.91. The van der Waals surface area contributed by atoms with Gasteiger partial charge in [0.1, 0.15) is 5.01 Å². The van der Waals surface area contributed by atoms with Gasteiger partial charge in [0.25, 0.3) is 0 Å². The Morgan fingerprint density at radius 3 is 2.78 bits per heavy atom. The molecule has 0 aliphatic carbocycles. The normalized spacial score (nSPS) is 11.0. The first-order valence-corrected chi connectivity index (χ1v) is 8.61. The monoisotopic (exact) mass is 464 g/mol. The summed E-state index contributed by atoms with van der Waals surface area (Å²) in [5.41, 5.74) is 1.09. The second kappa shape index (κ2) is 10.8. The van der Waals surface area contributed by atoms with Crippen LogP contribution in [-0.2, 0) is 19.5 Å². The molecule has 2 aromatic rings. The maximum atomic E-state index is 5.99. The highest BCUT2D eigenvalue weighted by molar-refractivity contribution is 14.0. The number of rotatable bonds is 6. The summed E-state index contributed by atoms with van der Waals surface area (Å²) in [4.78, 5) is 10.3. The average molecular weight is 465 g/mol. The maximum absolute atomic E-state index is 5.99. The second-order valence-electron chi connectivity index (χ2n) is 4.75. The molecule has 126 valence electrons. The van der Waals surface area contributed by atoms with E-state index in [4.69, 9.17) is 11.6 Å². The number of hydrogen-bond donors (Lipinski definition) is 2. The minimum atomic E-state index is 0. The van der Waals surface area contributed by atoms with Gasteiger partial charge in [-0.2, -0.15) is 0 Å². The van der Waals surface area contributed by atoms with E-state index in [2.05, 4.69) is 34.5 Å². The van der Waals surface area contributed by atoms with E-state index < -0.39 is 0 Å². The van der Waals surface area contributed by atoms with Gasteiger partial charge in [0.2, 0.25) is 0 Å².